The molecule has 0 atom stereocenters. The molecule has 0 bridgehead atoms. The van der Waals surface area contributed by atoms with Crippen LogP contribution in [0.5, 0.6) is 0 Å². The third-order valence-corrected chi connectivity index (χ3v) is 5.43. The zero-order valence-corrected chi connectivity index (χ0v) is 16.5. The Morgan fingerprint density at radius 2 is 2.14 bits per heavy atom. The number of carboxylic acid groups (broad SMARTS) is 1. The van der Waals surface area contributed by atoms with Gasteiger partial charge in [-0.1, -0.05) is 23.7 Å². The number of ether oxygens (including phenoxy) is 1. The molecule has 0 aliphatic carbocycles. The fourth-order valence-electron chi connectivity index (χ4n) is 3.58. The first kappa shape index (κ1) is 19.6. The Bertz CT molecular complexity index is 946. The number of carbonyl (C=O) groups is 2. The van der Waals surface area contributed by atoms with E-state index in [-0.39, 0.29) is 24.9 Å². The number of halogens is 1. The first-order valence-corrected chi connectivity index (χ1v) is 9.90. The minimum absolute atomic E-state index is 0.0778. The van der Waals surface area contributed by atoms with Crippen LogP contribution in [0.3, 0.4) is 0 Å². The number of nitrogens with zero attached hydrogens (tertiary/aromatic N) is 3. The summed E-state index contributed by atoms with van der Waals surface area (Å²) in [6, 6.07) is 5.76. The summed E-state index contributed by atoms with van der Waals surface area (Å²) in [5, 5.41) is 12.6. The average molecular weight is 417 g/mol. The quantitative estimate of drug-likeness (QED) is 0.745. The monoisotopic (exact) mass is 416 g/mol. The third-order valence-electron chi connectivity index (χ3n) is 5.16. The lowest BCUT2D eigenvalue weighted by molar-refractivity contribution is -0.137. The Hall–Kier alpha value is -2.71. The molecular formula is C20H21ClN4O4. The summed E-state index contributed by atoms with van der Waals surface area (Å²) in [7, 11) is 0. The maximum absolute atomic E-state index is 12.7. The number of aliphatic carboxylic acids is 1. The highest BCUT2D eigenvalue weighted by Gasteiger charge is 2.28. The molecule has 2 aliphatic heterocycles. The maximum atomic E-state index is 12.7. The van der Waals surface area contributed by atoms with Crippen LogP contribution in [0.1, 0.15) is 35.2 Å². The number of fused-ring (bicyclic) bond motifs is 1. The van der Waals surface area contributed by atoms with Crippen LogP contribution in [0, 0.1) is 0 Å². The molecule has 0 radical (unpaired) electrons. The van der Waals surface area contributed by atoms with Crippen LogP contribution >= 0.6 is 11.6 Å². The van der Waals surface area contributed by atoms with Gasteiger partial charge in [0.15, 0.2) is 0 Å². The van der Waals surface area contributed by atoms with Crippen LogP contribution < -0.4 is 5.32 Å². The Balaban J connectivity index is 1.56. The minimum Gasteiger partial charge on any atom is -0.481 e. The fraction of sp³-hybridized carbons (Fsp3) is 0.400. The molecule has 4 rings (SSSR count). The number of hydrogen-bond donors (Lipinski definition) is 2. The highest BCUT2D eigenvalue weighted by Crippen LogP contribution is 2.31. The molecule has 0 unspecified atom stereocenters. The number of carboxylic acids is 1. The van der Waals surface area contributed by atoms with Crippen molar-refractivity contribution in [2.45, 2.75) is 31.8 Å². The van der Waals surface area contributed by atoms with Crippen LogP contribution in [-0.2, 0) is 16.1 Å². The first-order valence-electron chi connectivity index (χ1n) is 9.52. The van der Waals surface area contributed by atoms with Gasteiger partial charge in [0.2, 0.25) is 5.95 Å². The van der Waals surface area contributed by atoms with Gasteiger partial charge in [-0.2, -0.15) is 0 Å². The molecule has 2 aliphatic rings. The van der Waals surface area contributed by atoms with Crippen LogP contribution in [0.25, 0.3) is 11.3 Å². The smallest absolute Gasteiger partial charge is 0.305 e. The van der Waals surface area contributed by atoms with Crippen molar-refractivity contribution in [1.82, 2.24) is 14.9 Å². The van der Waals surface area contributed by atoms with Gasteiger partial charge < -0.3 is 20.1 Å². The van der Waals surface area contributed by atoms with Gasteiger partial charge in [-0.05, 0) is 24.5 Å². The third kappa shape index (κ3) is 4.33. The van der Waals surface area contributed by atoms with Gasteiger partial charge in [0.05, 0.1) is 23.3 Å². The summed E-state index contributed by atoms with van der Waals surface area (Å²) < 4.78 is 5.37. The van der Waals surface area contributed by atoms with Crippen LogP contribution in [-0.4, -0.2) is 57.7 Å². The zero-order valence-electron chi connectivity index (χ0n) is 15.7. The molecule has 1 amide bonds. The second kappa shape index (κ2) is 8.34. The summed E-state index contributed by atoms with van der Waals surface area (Å²) in [4.78, 5) is 33.8. The molecular weight excluding hydrogens is 396 g/mol. The van der Waals surface area contributed by atoms with E-state index in [0.717, 1.165) is 24.0 Å². The van der Waals surface area contributed by atoms with Crippen molar-refractivity contribution in [1.29, 1.82) is 0 Å². The number of anilines is 1. The summed E-state index contributed by atoms with van der Waals surface area (Å²) >= 11 is 6.34. The van der Waals surface area contributed by atoms with Gasteiger partial charge >= 0.3 is 5.97 Å². The standard InChI is InChI=1S/C20H21ClN4O4/c21-16-10-22-20(23-14-4-7-29-8-5-14)24-18(16)12-1-2-13-11-25(6-3-17(26)27)19(28)15(13)9-12/h1-2,9-10,14H,3-8,11H2,(H,26,27)(H,22,23,24). The summed E-state index contributed by atoms with van der Waals surface area (Å²) in [5.41, 5.74) is 2.70. The molecule has 152 valence electrons. The average Bonchev–Trinajstić information content (AvgIpc) is 3.04. The molecule has 2 N–H and O–H groups in total. The van der Waals surface area contributed by atoms with E-state index in [0.29, 0.717) is 42.0 Å². The van der Waals surface area contributed by atoms with E-state index in [1.165, 1.54) is 0 Å². The first-order chi connectivity index (χ1) is 14.0. The predicted molar refractivity (Wildman–Crippen MR) is 107 cm³/mol. The second-order valence-corrected chi connectivity index (χ2v) is 7.57. The SMILES string of the molecule is O=C(O)CCN1Cc2ccc(-c3nc(NC4CCOCC4)ncc3Cl)cc2C1=O. The Kier molecular flexibility index (Phi) is 5.64. The normalized spacial score (nSPS) is 16.7. The molecule has 1 aromatic carbocycles. The lowest BCUT2D eigenvalue weighted by Crippen LogP contribution is -2.28. The summed E-state index contributed by atoms with van der Waals surface area (Å²) in [6.07, 6.45) is 3.26. The molecule has 2 aromatic rings. The molecule has 1 aromatic heterocycles. The van der Waals surface area contributed by atoms with Gasteiger partial charge in [-0.15, -0.1) is 0 Å². The van der Waals surface area contributed by atoms with Crippen molar-refractivity contribution in [3.63, 3.8) is 0 Å². The molecule has 3 heterocycles. The number of nitrogens with one attached hydrogen (secondary N) is 1. The summed E-state index contributed by atoms with van der Waals surface area (Å²) in [6.45, 7) is 2.02. The van der Waals surface area contributed by atoms with E-state index in [4.69, 9.17) is 21.4 Å². The van der Waals surface area contributed by atoms with Crippen LogP contribution in [0.15, 0.2) is 24.4 Å². The lowest BCUT2D eigenvalue weighted by atomic mass is 10.0. The number of hydrogen-bond acceptors (Lipinski definition) is 6. The van der Waals surface area contributed by atoms with E-state index < -0.39 is 5.97 Å². The highest BCUT2D eigenvalue weighted by molar-refractivity contribution is 6.33. The van der Waals surface area contributed by atoms with Crippen molar-refractivity contribution in [3.8, 4) is 11.3 Å². The molecule has 1 fully saturated rings. The van der Waals surface area contributed by atoms with Gasteiger partial charge in [-0.25, -0.2) is 9.97 Å². The maximum Gasteiger partial charge on any atom is 0.305 e. The molecule has 1 saturated heterocycles. The number of amides is 1. The Morgan fingerprint density at radius 1 is 1.34 bits per heavy atom. The fourth-order valence-corrected chi connectivity index (χ4v) is 3.78. The van der Waals surface area contributed by atoms with E-state index in [2.05, 4.69) is 15.3 Å². The number of aromatic nitrogens is 2. The molecule has 0 saturated carbocycles. The van der Waals surface area contributed by atoms with E-state index in [1.54, 1.807) is 17.2 Å². The summed E-state index contributed by atoms with van der Waals surface area (Å²) in [5.74, 6) is -0.605. The molecule has 9 heteroatoms. The molecule has 0 spiro atoms. The number of benzene rings is 1. The van der Waals surface area contributed by atoms with E-state index >= 15 is 0 Å². The van der Waals surface area contributed by atoms with Gasteiger partial charge in [0.25, 0.3) is 5.91 Å². The topological polar surface area (TPSA) is 105 Å². The van der Waals surface area contributed by atoms with Crippen LogP contribution in [0.2, 0.25) is 5.02 Å². The molecule has 8 nitrogen and oxygen atoms in total. The van der Waals surface area contributed by atoms with Gasteiger partial charge in [0.1, 0.15) is 0 Å². The predicted octanol–water partition coefficient (Wildman–Crippen LogP) is 2.82. The van der Waals surface area contributed by atoms with E-state index in [9.17, 15) is 9.59 Å². The second-order valence-electron chi connectivity index (χ2n) is 7.16. The van der Waals surface area contributed by atoms with Crippen molar-refractivity contribution < 1.29 is 19.4 Å². The number of rotatable bonds is 6. The largest absolute Gasteiger partial charge is 0.481 e. The van der Waals surface area contributed by atoms with E-state index in [1.807, 2.05) is 12.1 Å². The Morgan fingerprint density at radius 3 is 2.90 bits per heavy atom. The minimum atomic E-state index is -0.924. The number of carbonyl (C=O) groups excluding carboxylic acids is 1. The zero-order chi connectivity index (χ0) is 20.4. The van der Waals surface area contributed by atoms with Crippen molar-refractivity contribution >= 4 is 29.4 Å². The van der Waals surface area contributed by atoms with Gasteiger partial charge in [0, 0.05) is 43.5 Å². The highest BCUT2D eigenvalue weighted by atomic mass is 35.5. The Labute approximate surface area is 172 Å². The van der Waals surface area contributed by atoms with Crippen molar-refractivity contribution in [2.24, 2.45) is 0 Å². The van der Waals surface area contributed by atoms with Crippen molar-refractivity contribution in [2.75, 3.05) is 25.1 Å². The molecule has 29 heavy (non-hydrogen) atoms. The van der Waals surface area contributed by atoms with Crippen LogP contribution in [0.4, 0.5) is 5.95 Å². The van der Waals surface area contributed by atoms with Crippen molar-refractivity contribution in [3.05, 3.63) is 40.5 Å². The lowest BCUT2D eigenvalue weighted by Gasteiger charge is -2.23. The van der Waals surface area contributed by atoms with Gasteiger partial charge in [-0.3, -0.25) is 9.59 Å².